The summed E-state index contributed by atoms with van der Waals surface area (Å²) in [5.41, 5.74) is 3.03. The highest BCUT2D eigenvalue weighted by Gasteiger charge is 2.11. The van der Waals surface area contributed by atoms with Crippen LogP contribution in [0.1, 0.15) is 29.3 Å². The smallest absolute Gasteiger partial charge is 0.226 e. The molecule has 0 radical (unpaired) electrons. The summed E-state index contributed by atoms with van der Waals surface area (Å²) in [5.74, 6) is 2.81. The van der Waals surface area contributed by atoms with E-state index in [0.717, 1.165) is 28.9 Å². The van der Waals surface area contributed by atoms with Crippen LogP contribution in [0.25, 0.3) is 11.4 Å². The molecule has 0 N–H and O–H groups in total. The number of aromatic nitrogens is 6. The topological polar surface area (TPSA) is 91.8 Å². The van der Waals surface area contributed by atoms with E-state index in [1.807, 2.05) is 32.9 Å². The lowest BCUT2D eigenvalue weighted by molar-refractivity contribution is 0.295. The molecule has 3 aromatic rings. The fourth-order valence-electron chi connectivity index (χ4n) is 2.55. The summed E-state index contributed by atoms with van der Waals surface area (Å²) in [7, 11) is 1.75. The van der Waals surface area contributed by atoms with E-state index in [0.29, 0.717) is 30.6 Å². The van der Waals surface area contributed by atoms with Crippen molar-refractivity contribution in [3.05, 3.63) is 35.0 Å². The molecule has 8 nitrogen and oxygen atoms in total. The van der Waals surface area contributed by atoms with E-state index in [9.17, 15) is 0 Å². The second kappa shape index (κ2) is 6.77. The summed E-state index contributed by atoms with van der Waals surface area (Å²) in [6, 6.07) is 4.03. The van der Waals surface area contributed by atoms with E-state index >= 15 is 0 Å². The van der Waals surface area contributed by atoms with Crippen molar-refractivity contribution < 1.29 is 9.26 Å². The van der Waals surface area contributed by atoms with Gasteiger partial charge in [-0.2, -0.15) is 9.78 Å². The van der Waals surface area contributed by atoms with Gasteiger partial charge in [-0.25, -0.2) is 0 Å². The van der Waals surface area contributed by atoms with E-state index in [2.05, 4.69) is 25.6 Å². The van der Waals surface area contributed by atoms with Crippen molar-refractivity contribution in [2.24, 2.45) is 7.05 Å². The first-order valence-corrected chi connectivity index (χ1v) is 7.80. The molecule has 0 bridgehead atoms. The van der Waals surface area contributed by atoms with Crippen molar-refractivity contribution >= 4 is 0 Å². The van der Waals surface area contributed by atoms with E-state index in [1.165, 1.54) is 4.80 Å². The summed E-state index contributed by atoms with van der Waals surface area (Å²) in [5, 5.41) is 15.9. The maximum atomic E-state index is 5.94. The number of nitrogens with zero attached hydrogens (tertiary/aromatic N) is 6. The van der Waals surface area contributed by atoms with Crippen LogP contribution in [0.5, 0.6) is 5.75 Å². The van der Waals surface area contributed by atoms with Crippen molar-refractivity contribution in [2.45, 2.75) is 33.6 Å². The molecule has 2 heterocycles. The zero-order chi connectivity index (χ0) is 17.1. The maximum Gasteiger partial charge on any atom is 0.226 e. The number of tetrazole rings is 1. The zero-order valence-electron chi connectivity index (χ0n) is 14.3. The third-order valence-electron chi connectivity index (χ3n) is 3.58. The highest BCUT2D eigenvalue weighted by Crippen LogP contribution is 2.28. The van der Waals surface area contributed by atoms with Gasteiger partial charge in [0.05, 0.1) is 13.7 Å². The monoisotopic (exact) mass is 328 g/mol. The minimum Gasteiger partial charge on any atom is -0.493 e. The third-order valence-corrected chi connectivity index (χ3v) is 3.58. The van der Waals surface area contributed by atoms with Crippen molar-refractivity contribution in [1.82, 2.24) is 30.3 Å². The minimum absolute atomic E-state index is 0.589. The van der Waals surface area contributed by atoms with Crippen molar-refractivity contribution in [2.75, 3.05) is 6.61 Å². The van der Waals surface area contributed by atoms with Gasteiger partial charge in [0.1, 0.15) is 5.75 Å². The van der Waals surface area contributed by atoms with E-state index < -0.39 is 0 Å². The molecule has 24 heavy (non-hydrogen) atoms. The summed E-state index contributed by atoms with van der Waals surface area (Å²) < 4.78 is 11.0. The van der Waals surface area contributed by atoms with Crippen LogP contribution in [0, 0.1) is 20.8 Å². The molecule has 3 rings (SSSR count). The predicted molar refractivity (Wildman–Crippen MR) is 86.6 cm³/mol. The van der Waals surface area contributed by atoms with Crippen LogP contribution in [0.2, 0.25) is 0 Å². The van der Waals surface area contributed by atoms with Crippen LogP contribution in [0.3, 0.4) is 0 Å². The summed E-state index contributed by atoms with van der Waals surface area (Å²) in [6.07, 6.45) is 1.52. The average molecular weight is 328 g/mol. The van der Waals surface area contributed by atoms with Crippen LogP contribution in [-0.2, 0) is 13.5 Å². The Bertz CT molecular complexity index is 816. The number of hydrogen-bond acceptors (Lipinski definition) is 7. The SMILES string of the molecule is Cc1noc(CCCOc2c(C)cc(-c3nnn(C)n3)cc2C)n1. The lowest BCUT2D eigenvalue weighted by Gasteiger charge is -2.13. The molecule has 0 saturated carbocycles. The molecule has 126 valence electrons. The molecule has 0 spiro atoms. The van der Waals surface area contributed by atoms with Crippen LogP contribution in [0.4, 0.5) is 0 Å². The van der Waals surface area contributed by atoms with Crippen LogP contribution in [-0.4, -0.2) is 37.0 Å². The average Bonchev–Trinajstić information content (AvgIpc) is 3.14. The van der Waals surface area contributed by atoms with Crippen LogP contribution >= 0.6 is 0 Å². The Morgan fingerprint density at radius 3 is 2.50 bits per heavy atom. The Kier molecular flexibility index (Phi) is 4.54. The molecule has 8 heteroatoms. The van der Waals surface area contributed by atoms with E-state index in [-0.39, 0.29) is 0 Å². The number of hydrogen-bond donors (Lipinski definition) is 0. The standard InChI is InChI=1S/C16H20N6O2/c1-10-8-13(16-18-21-22(4)19-16)9-11(2)15(10)23-7-5-6-14-17-12(3)20-24-14/h8-9H,5-7H2,1-4H3. The van der Waals surface area contributed by atoms with Crippen LogP contribution < -0.4 is 4.74 Å². The Balaban J connectivity index is 1.63. The molecule has 0 aliphatic heterocycles. The number of ether oxygens (including phenoxy) is 1. The number of aryl methyl sites for hydroxylation is 5. The van der Waals surface area contributed by atoms with Gasteiger partial charge in [-0.15, -0.1) is 10.2 Å². The highest BCUT2D eigenvalue weighted by atomic mass is 16.5. The normalized spacial score (nSPS) is 11.0. The number of benzene rings is 1. The molecule has 0 saturated heterocycles. The first-order valence-electron chi connectivity index (χ1n) is 7.80. The Hall–Kier alpha value is -2.77. The van der Waals surface area contributed by atoms with Crippen molar-refractivity contribution in [3.8, 4) is 17.1 Å². The lowest BCUT2D eigenvalue weighted by Crippen LogP contribution is -2.03. The lowest BCUT2D eigenvalue weighted by atomic mass is 10.1. The molecule has 1 aromatic carbocycles. The minimum atomic E-state index is 0.589. The molecule has 0 aliphatic rings. The largest absolute Gasteiger partial charge is 0.493 e. The highest BCUT2D eigenvalue weighted by molar-refractivity contribution is 5.60. The fourth-order valence-corrected chi connectivity index (χ4v) is 2.55. The second-order valence-corrected chi connectivity index (χ2v) is 5.73. The van der Waals surface area contributed by atoms with Gasteiger partial charge >= 0.3 is 0 Å². The summed E-state index contributed by atoms with van der Waals surface area (Å²) in [6.45, 7) is 6.43. The third kappa shape index (κ3) is 3.58. The second-order valence-electron chi connectivity index (χ2n) is 5.73. The maximum absolute atomic E-state index is 5.94. The predicted octanol–water partition coefficient (Wildman–Crippen LogP) is 2.20. The van der Waals surface area contributed by atoms with Gasteiger partial charge in [0, 0.05) is 12.0 Å². The summed E-state index contributed by atoms with van der Waals surface area (Å²) >= 11 is 0. The van der Waals surface area contributed by atoms with Gasteiger partial charge < -0.3 is 9.26 Å². The molecule has 0 fully saturated rings. The van der Waals surface area contributed by atoms with Gasteiger partial charge in [-0.05, 0) is 55.7 Å². The zero-order valence-corrected chi connectivity index (χ0v) is 14.3. The van der Waals surface area contributed by atoms with Gasteiger partial charge in [0.15, 0.2) is 5.82 Å². The molecule has 0 aliphatic carbocycles. The van der Waals surface area contributed by atoms with Crippen LogP contribution in [0.15, 0.2) is 16.7 Å². The summed E-state index contributed by atoms with van der Waals surface area (Å²) in [4.78, 5) is 5.63. The first kappa shape index (κ1) is 16.1. The number of rotatable bonds is 6. The van der Waals surface area contributed by atoms with Gasteiger partial charge in [-0.3, -0.25) is 0 Å². The first-order chi connectivity index (χ1) is 11.5. The van der Waals surface area contributed by atoms with Crippen molar-refractivity contribution in [1.29, 1.82) is 0 Å². The Morgan fingerprint density at radius 2 is 1.92 bits per heavy atom. The fraction of sp³-hybridized carbons (Fsp3) is 0.438. The van der Waals surface area contributed by atoms with Gasteiger partial charge in [0.2, 0.25) is 11.7 Å². The van der Waals surface area contributed by atoms with Gasteiger partial charge in [-0.1, -0.05) is 5.16 Å². The molecule has 0 unspecified atom stereocenters. The Labute approximate surface area is 139 Å². The quantitative estimate of drug-likeness (QED) is 0.640. The molecule has 0 amide bonds. The van der Waals surface area contributed by atoms with Gasteiger partial charge in [0.25, 0.3) is 0 Å². The molecular weight excluding hydrogens is 308 g/mol. The molecule has 2 aromatic heterocycles. The van der Waals surface area contributed by atoms with Crippen molar-refractivity contribution in [3.63, 3.8) is 0 Å². The van der Waals surface area contributed by atoms with E-state index in [1.54, 1.807) is 7.05 Å². The molecule has 0 atom stereocenters. The van der Waals surface area contributed by atoms with E-state index in [4.69, 9.17) is 9.26 Å². The molecular formula is C16H20N6O2. The Morgan fingerprint density at radius 1 is 1.17 bits per heavy atom.